The van der Waals surface area contributed by atoms with E-state index >= 15 is 0 Å². The van der Waals surface area contributed by atoms with E-state index in [4.69, 9.17) is 4.74 Å². The predicted octanol–water partition coefficient (Wildman–Crippen LogP) is 4.52. The van der Waals surface area contributed by atoms with Gasteiger partial charge in [-0.2, -0.15) is 0 Å². The van der Waals surface area contributed by atoms with Crippen molar-refractivity contribution in [3.63, 3.8) is 0 Å². The zero-order chi connectivity index (χ0) is 23.7. The second-order valence-electron chi connectivity index (χ2n) is 8.40. The molecule has 4 aromatic rings. The zero-order valence-corrected chi connectivity index (χ0v) is 20.0. The summed E-state index contributed by atoms with van der Waals surface area (Å²) in [6.45, 7) is 3.03. The van der Waals surface area contributed by atoms with E-state index in [0.717, 1.165) is 22.9 Å². The lowest BCUT2D eigenvalue weighted by atomic mass is 10.1. The van der Waals surface area contributed by atoms with Crippen molar-refractivity contribution in [1.29, 1.82) is 0 Å². The Hall–Kier alpha value is -3.36. The van der Waals surface area contributed by atoms with Crippen molar-refractivity contribution in [3.8, 4) is 17.1 Å². The molecular weight excluding hydrogens is 448 g/mol. The lowest BCUT2D eigenvalue weighted by molar-refractivity contribution is -0.116. The lowest BCUT2D eigenvalue weighted by Gasteiger charge is -2.22. The fraction of sp³-hybridized carbons (Fsp3) is 0.269. The minimum absolute atomic E-state index is 0.0406. The highest BCUT2D eigenvalue weighted by molar-refractivity contribution is 7.99. The van der Waals surface area contributed by atoms with Crippen molar-refractivity contribution < 1.29 is 14.6 Å². The molecule has 1 N–H and O–H groups in total. The molecule has 0 spiro atoms. The maximum Gasteiger partial charge on any atom is 0.237 e. The van der Waals surface area contributed by atoms with E-state index in [9.17, 15) is 9.90 Å². The van der Waals surface area contributed by atoms with Crippen LogP contribution in [0.3, 0.4) is 0 Å². The summed E-state index contributed by atoms with van der Waals surface area (Å²) in [4.78, 5) is 15.1. The second kappa shape index (κ2) is 9.48. The Morgan fingerprint density at radius 1 is 1.12 bits per heavy atom. The number of hydrogen-bond acceptors (Lipinski definition) is 6. The molecule has 0 saturated carbocycles. The van der Waals surface area contributed by atoms with Gasteiger partial charge in [-0.05, 0) is 47.9 Å². The van der Waals surface area contributed by atoms with Crippen molar-refractivity contribution in [2.45, 2.75) is 31.1 Å². The molecule has 0 aliphatic carbocycles. The molecule has 0 saturated heterocycles. The molecule has 0 radical (unpaired) electrons. The number of hydrogen-bond donors (Lipinski definition) is 1. The first-order chi connectivity index (χ1) is 16.6. The lowest BCUT2D eigenvalue weighted by Crippen LogP contribution is -2.37. The van der Waals surface area contributed by atoms with Crippen molar-refractivity contribution in [1.82, 2.24) is 14.8 Å². The van der Waals surface area contributed by atoms with Crippen LogP contribution in [0.15, 0.2) is 65.8 Å². The number of aromatic nitrogens is 3. The fourth-order valence-corrected chi connectivity index (χ4v) is 5.35. The minimum Gasteiger partial charge on any atom is -0.507 e. The highest BCUT2D eigenvalue weighted by Gasteiger charge is 2.30. The van der Waals surface area contributed by atoms with Crippen molar-refractivity contribution >= 4 is 34.1 Å². The molecule has 5 rings (SSSR count). The van der Waals surface area contributed by atoms with Crippen LogP contribution in [-0.2, 0) is 22.5 Å². The number of carbonyl (C=O) groups excluding carboxylic acids is 1. The summed E-state index contributed by atoms with van der Waals surface area (Å²) in [5.74, 6) is 0.974. The summed E-state index contributed by atoms with van der Waals surface area (Å²) >= 11 is 1.36. The average molecular weight is 475 g/mol. The molecule has 0 unspecified atom stereocenters. The molecule has 1 atom stereocenters. The van der Waals surface area contributed by atoms with Gasteiger partial charge in [-0.1, -0.05) is 54.2 Å². The highest BCUT2D eigenvalue weighted by atomic mass is 32.2. The number of aromatic hydroxyl groups is 1. The topological polar surface area (TPSA) is 80.5 Å². The first-order valence-corrected chi connectivity index (χ1v) is 12.2. The molecule has 1 amide bonds. The Balaban J connectivity index is 1.42. The second-order valence-corrected chi connectivity index (χ2v) is 9.34. The summed E-state index contributed by atoms with van der Waals surface area (Å²) in [7, 11) is 1.64. The molecule has 0 fully saturated rings. The third kappa shape index (κ3) is 4.15. The summed E-state index contributed by atoms with van der Waals surface area (Å²) in [5, 5.41) is 22.0. The molecule has 174 valence electrons. The first-order valence-electron chi connectivity index (χ1n) is 11.2. The van der Waals surface area contributed by atoms with E-state index in [0.29, 0.717) is 29.7 Å². The van der Waals surface area contributed by atoms with Gasteiger partial charge in [0.25, 0.3) is 0 Å². The van der Waals surface area contributed by atoms with Crippen molar-refractivity contribution in [3.05, 3.63) is 66.2 Å². The number of ether oxygens (including phenoxy) is 1. The van der Waals surface area contributed by atoms with E-state index in [1.165, 1.54) is 17.3 Å². The van der Waals surface area contributed by atoms with Crippen LogP contribution in [0.4, 0.5) is 5.69 Å². The van der Waals surface area contributed by atoms with Gasteiger partial charge >= 0.3 is 0 Å². The normalized spacial score (nSPS) is 15.1. The Kier molecular flexibility index (Phi) is 6.26. The third-order valence-electron chi connectivity index (χ3n) is 6.14. The molecule has 34 heavy (non-hydrogen) atoms. The Bertz CT molecular complexity index is 1350. The number of anilines is 1. The number of para-hydroxylation sites is 1. The van der Waals surface area contributed by atoms with Gasteiger partial charge in [0.05, 0.1) is 24.5 Å². The predicted molar refractivity (Wildman–Crippen MR) is 134 cm³/mol. The van der Waals surface area contributed by atoms with Gasteiger partial charge < -0.3 is 14.7 Å². The van der Waals surface area contributed by atoms with Crippen LogP contribution in [0.1, 0.15) is 12.5 Å². The number of carbonyl (C=O) groups is 1. The largest absolute Gasteiger partial charge is 0.507 e. The molecule has 8 heteroatoms. The number of phenolic OH excluding ortho intramolecular Hbond substituents is 1. The molecule has 1 aliphatic rings. The Morgan fingerprint density at radius 3 is 2.65 bits per heavy atom. The summed E-state index contributed by atoms with van der Waals surface area (Å²) < 4.78 is 7.21. The number of benzene rings is 3. The van der Waals surface area contributed by atoms with Gasteiger partial charge in [-0.15, -0.1) is 10.2 Å². The number of nitrogens with zero attached hydrogens (tertiary/aromatic N) is 4. The quantitative estimate of drug-likeness (QED) is 0.397. The van der Waals surface area contributed by atoms with Gasteiger partial charge in [-0.3, -0.25) is 9.36 Å². The number of thioether (sulfide) groups is 1. The fourth-order valence-electron chi connectivity index (χ4n) is 4.53. The van der Waals surface area contributed by atoms with Crippen LogP contribution in [0, 0.1) is 0 Å². The molecule has 7 nitrogen and oxygen atoms in total. The van der Waals surface area contributed by atoms with Crippen LogP contribution in [0.25, 0.3) is 22.2 Å². The maximum atomic E-state index is 13.2. The summed E-state index contributed by atoms with van der Waals surface area (Å²) in [5.41, 5.74) is 2.79. The van der Waals surface area contributed by atoms with Crippen LogP contribution in [0.2, 0.25) is 0 Å². The molecule has 0 bridgehead atoms. The van der Waals surface area contributed by atoms with Gasteiger partial charge in [0.1, 0.15) is 5.75 Å². The van der Waals surface area contributed by atoms with Crippen LogP contribution < -0.4 is 4.90 Å². The number of phenols is 1. The van der Waals surface area contributed by atoms with Crippen LogP contribution >= 0.6 is 11.8 Å². The number of methoxy groups -OCH3 is 1. The van der Waals surface area contributed by atoms with Gasteiger partial charge in [0.2, 0.25) is 5.91 Å². The first kappa shape index (κ1) is 22.4. The molecule has 1 aromatic heterocycles. The van der Waals surface area contributed by atoms with E-state index in [1.807, 2.05) is 58.0 Å². The number of fused-ring (bicyclic) bond motifs is 2. The highest BCUT2D eigenvalue weighted by Crippen LogP contribution is 2.35. The van der Waals surface area contributed by atoms with E-state index in [1.54, 1.807) is 13.2 Å². The average Bonchev–Trinajstić information content (AvgIpc) is 3.40. The van der Waals surface area contributed by atoms with Crippen molar-refractivity contribution in [2.75, 3.05) is 24.4 Å². The molecular formula is C26H26N4O3S. The van der Waals surface area contributed by atoms with Crippen LogP contribution in [-0.4, -0.2) is 51.3 Å². The summed E-state index contributed by atoms with van der Waals surface area (Å²) in [6.07, 6.45) is 0.863. The zero-order valence-electron chi connectivity index (χ0n) is 19.1. The van der Waals surface area contributed by atoms with Gasteiger partial charge in [0, 0.05) is 18.8 Å². The van der Waals surface area contributed by atoms with Gasteiger partial charge in [0.15, 0.2) is 11.0 Å². The standard InChI is InChI=1S/C26H26N4O3S/c1-17-13-20-9-5-6-10-22(20)30(17)24(32)16-34-26-28-27-25(29(26)11-12-33-2)21-14-18-7-3-4-8-19(18)15-23(21)31/h3-10,14-15,17,31H,11-13,16H2,1-2H3/t17-/m1/s1. The monoisotopic (exact) mass is 474 g/mol. The van der Waals surface area contributed by atoms with E-state index in [-0.39, 0.29) is 23.5 Å². The maximum absolute atomic E-state index is 13.2. The smallest absolute Gasteiger partial charge is 0.237 e. The third-order valence-corrected chi connectivity index (χ3v) is 7.09. The number of rotatable bonds is 7. The Labute approximate surface area is 202 Å². The van der Waals surface area contributed by atoms with E-state index in [2.05, 4.69) is 23.2 Å². The summed E-state index contributed by atoms with van der Waals surface area (Å²) in [6, 6.07) is 19.7. The van der Waals surface area contributed by atoms with Crippen LogP contribution in [0.5, 0.6) is 5.75 Å². The SMILES string of the molecule is COCCn1c(SCC(=O)N2c3ccccc3C[C@H]2C)nnc1-c1cc2ccccc2cc1O. The molecule has 1 aliphatic heterocycles. The van der Waals surface area contributed by atoms with E-state index < -0.39 is 0 Å². The van der Waals surface area contributed by atoms with Crippen molar-refractivity contribution in [2.24, 2.45) is 0 Å². The molecule has 3 aromatic carbocycles. The Morgan fingerprint density at radius 2 is 1.85 bits per heavy atom. The number of amides is 1. The molecule has 2 heterocycles. The van der Waals surface area contributed by atoms with Gasteiger partial charge in [-0.25, -0.2) is 0 Å². The minimum atomic E-state index is 0.0406.